The Labute approximate surface area is 54.9 Å². The van der Waals surface area contributed by atoms with Crippen molar-refractivity contribution in [3.8, 4) is 0 Å². The molecule has 1 aromatic rings. The second-order valence-electron chi connectivity index (χ2n) is 1.41. The number of hydrogen-bond donors (Lipinski definition) is 1. The zero-order valence-electron chi connectivity index (χ0n) is 4.37. The van der Waals surface area contributed by atoms with Gasteiger partial charge in [-0.05, 0) is 12.1 Å². The zero-order valence-corrected chi connectivity index (χ0v) is 5.19. The molecule has 0 atom stereocenters. The fraction of sp³-hybridized carbons (Fsp3) is 0. The van der Waals surface area contributed by atoms with Gasteiger partial charge in [0, 0.05) is 5.69 Å². The lowest BCUT2D eigenvalue weighted by atomic mass is 12.2. The number of rotatable bonds is 0. The topological polar surface area (TPSA) is 26.0 Å². The second-order valence-corrected chi connectivity index (χ2v) is 1.41. The summed E-state index contributed by atoms with van der Waals surface area (Å²) in [4.78, 5) is 0. The van der Waals surface area contributed by atoms with Gasteiger partial charge in [-0.3, -0.25) is 0 Å². The Balaban J connectivity index is 0.000000490. The number of anilines is 1. The largest absolute Gasteiger partial charge is 0.399 e. The summed E-state index contributed by atoms with van der Waals surface area (Å²) in [5, 5.41) is 0. The molecule has 2 heteroatoms. The molecule has 0 heterocycles. The summed E-state index contributed by atoms with van der Waals surface area (Å²) in [6.07, 6.45) is 0. The lowest BCUT2D eigenvalue weighted by Crippen LogP contribution is -1.79. The Kier molecular flexibility index (Phi) is 3.04. The van der Waals surface area contributed by atoms with Crippen LogP contribution in [0.25, 0.3) is 0 Å². The molecule has 0 aliphatic heterocycles. The molecule has 0 bridgehead atoms. The third-order valence-corrected chi connectivity index (χ3v) is 0.800. The van der Waals surface area contributed by atoms with Crippen molar-refractivity contribution in [2.24, 2.45) is 0 Å². The van der Waals surface area contributed by atoms with Gasteiger partial charge in [0.2, 0.25) is 0 Å². The van der Waals surface area contributed by atoms with Crippen LogP contribution in [0.1, 0.15) is 0 Å². The quantitative estimate of drug-likeness (QED) is 0.547. The molecule has 1 nitrogen and oxygen atoms in total. The van der Waals surface area contributed by atoms with Crippen LogP contribution in [-0.4, -0.2) is 0 Å². The third-order valence-electron chi connectivity index (χ3n) is 0.800. The molecule has 8 heavy (non-hydrogen) atoms. The molecule has 0 unspecified atom stereocenters. The molecule has 2 N–H and O–H groups in total. The molecule has 0 spiro atoms. The fourth-order valence-electron chi connectivity index (χ4n) is 0.453. The van der Waals surface area contributed by atoms with Crippen LogP contribution >= 0.6 is 12.4 Å². The lowest BCUT2D eigenvalue weighted by Gasteiger charge is -1.83. The van der Waals surface area contributed by atoms with Gasteiger partial charge in [0.05, 0.1) is 0 Å². The fourth-order valence-corrected chi connectivity index (χ4v) is 0.453. The molecule has 1 rings (SSSR count). The molecule has 0 saturated carbocycles. The van der Waals surface area contributed by atoms with Crippen molar-refractivity contribution >= 4 is 18.1 Å². The van der Waals surface area contributed by atoms with E-state index in [-0.39, 0.29) is 12.4 Å². The van der Waals surface area contributed by atoms with Crippen LogP contribution in [0.3, 0.4) is 0 Å². The van der Waals surface area contributed by atoms with Crippen LogP contribution in [0.15, 0.2) is 30.3 Å². The first-order valence-electron chi connectivity index (χ1n) is 2.20. The van der Waals surface area contributed by atoms with Crippen LogP contribution in [0, 0.1) is 0 Å². The number of benzene rings is 1. The molecule has 0 amide bonds. The van der Waals surface area contributed by atoms with E-state index in [1.54, 1.807) is 0 Å². The summed E-state index contributed by atoms with van der Waals surface area (Å²) >= 11 is 0. The van der Waals surface area contributed by atoms with Gasteiger partial charge in [0.1, 0.15) is 0 Å². The Hall–Kier alpha value is -0.690. The minimum Gasteiger partial charge on any atom is -0.399 e. The molecule has 0 aromatic heterocycles. The van der Waals surface area contributed by atoms with Gasteiger partial charge in [-0.25, -0.2) is 0 Å². The lowest BCUT2D eigenvalue weighted by molar-refractivity contribution is 1.69. The normalized spacial score (nSPS) is 7.50. The third kappa shape index (κ3) is 1.85. The van der Waals surface area contributed by atoms with E-state index in [1.807, 2.05) is 30.3 Å². The Bertz CT molecular complexity index is 138. The number of halogens is 1. The van der Waals surface area contributed by atoms with Crippen molar-refractivity contribution in [3.63, 3.8) is 0 Å². The van der Waals surface area contributed by atoms with Crippen molar-refractivity contribution in [2.75, 3.05) is 5.73 Å². The molecule has 1 aromatic carbocycles. The Morgan fingerprint density at radius 1 is 1.00 bits per heavy atom. The maximum absolute atomic E-state index is 5.36. The smallest absolute Gasteiger partial charge is 0.0313 e. The molecule has 0 saturated heterocycles. The predicted molar refractivity (Wildman–Crippen MR) is 38.1 cm³/mol. The van der Waals surface area contributed by atoms with Crippen LogP contribution in [-0.2, 0) is 0 Å². The highest BCUT2D eigenvalue weighted by Crippen LogP contribution is 1.95. The van der Waals surface area contributed by atoms with Crippen molar-refractivity contribution in [1.82, 2.24) is 0 Å². The van der Waals surface area contributed by atoms with Crippen LogP contribution in [0.4, 0.5) is 5.69 Å². The van der Waals surface area contributed by atoms with Crippen LogP contribution < -0.4 is 5.73 Å². The van der Waals surface area contributed by atoms with Gasteiger partial charge in [-0.2, -0.15) is 0 Å². The monoisotopic (exact) mass is 141 g/mol. The van der Waals surface area contributed by atoms with E-state index in [4.69, 9.17) is 5.73 Å². The number of hydrogen-bond acceptors (Lipinski definition) is 1. The first kappa shape index (κ1) is 7.31. The Morgan fingerprint density at radius 2 is 1.50 bits per heavy atom. The van der Waals surface area contributed by atoms with Crippen molar-refractivity contribution in [1.29, 1.82) is 0 Å². The van der Waals surface area contributed by atoms with Gasteiger partial charge in [-0.15, -0.1) is 12.4 Å². The average Bonchev–Trinajstić information content (AvgIpc) is 1.69. The van der Waals surface area contributed by atoms with Crippen molar-refractivity contribution in [3.05, 3.63) is 30.3 Å². The summed E-state index contributed by atoms with van der Waals surface area (Å²) in [6, 6.07) is 9.49. The minimum absolute atomic E-state index is 0. The van der Waals surface area contributed by atoms with Crippen molar-refractivity contribution in [2.45, 2.75) is 0 Å². The highest BCUT2D eigenvalue weighted by Gasteiger charge is 1.72. The maximum Gasteiger partial charge on any atom is 0.0313 e. The highest BCUT2D eigenvalue weighted by atomic mass is 35.5. The second kappa shape index (κ2) is 3.33. The standard InChI is InChI=1S/C6H7N.ClH/c7-6-4-2-1-3-5-6;/h1-5H,7H2;1H/i1+2,2+2,3+2,4+2,5+2,6+2;. The minimum atomic E-state index is 0. The number of para-hydroxylation sites is 1. The van der Waals surface area contributed by atoms with Gasteiger partial charge in [0.15, 0.2) is 0 Å². The molecule has 0 aliphatic rings. The van der Waals surface area contributed by atoms with Crippen LogP contribution in [0.5, 0.6) is 0 Å². The average molecular weight is 142 g/mol. The molecular formula is C6H8ClN. The molecule has 0 fully saturated rings. The number of nitrogens with two attached hydrogens (primary N) is 1. The molecule has 44 valence electrons. The summed E-state index contributed by atoms with van der Waals surface area (Å²) in [5.41, 5.74) is 6.18. The van der Waals surface area contributed by atoms with E-state index >= 15 is 0 Å². The predicted octanol–water partition coefficient (Wildman–Crippen LogP) is 1.69. The summed E-state index contributed by atoms with van der Waals surface area (Å²) in [6.45, 7) is 0. The highest BCUT2D eigenvalue weighted by molar-refractivity contribution is 5.85. The van der Waals surface area contributed by atoms with E-state index in [1.165, 1.54) is 0 Å². The van der Waals surface area contributed by atoms with E-state index in [0.29, 0.717) is 0 Å². The van der Waals surface area contributed by atoms with Gasteiger partial charge in [-0.1, -0.05) is 18.2 Å². The van der Waals surface area contributed by atoms with Gasteiger partial charge >= 0.3 is 0 Å². The van der Waals surface area contributed by atoms with E-state index in [2.05, 4.69) is 0 Å². The van der Waals surface area contributed by atoms with Crippen molar-refractivity contribution < 1.29 is 0 Å². The van der Waals surface area contributed by atoms with Gasteiger partial charge < -0.3 is 5.73 Å². The summed E-state index contributed by atoms with van der Waals surface area (Å²) in [7, 11) is 0. The maximum atomic E-state index is 5.36. The molecular weight excluding hydrogens is 133 g/mol. The first-order valence-corrected chi connectivity index (χ1v) is 2.20. The zero-order chi connectivity index (χ0) is 5.11. The molecule has 0 aliphatic carbocycles. The Morgan fingerprint density at radius 3 is 1.75 bits per heavy atom. The van der Waals surface area contributed by atoms with E-state index in [9.17, 15) is 0 Å². The first-order chi connectivity index (χ1) is 3.39. The van der Waals surface area contributed by atoms with E-state index < -0.39 is 0 Å². The van der Waals surface area contributed by atoms with Gasteiger partial charge in [0.25, 0.3) is 0 Å². The summed E-state index contributed by atoms with van der Waals surface area (Å²) < 4.78 is 0. The van der Waals surface area contributed by atoms with E-state index in [0.717, 1.165) is 5.69 Å². The SMILES string of the molecule is Cl.N[14c]1[14cH][14cH][14cH][14cH][14cH]1. The molecule has 0 radical (unpaired) electrons. The summed E-state index contributed by atoms with van der Waals surface area (Å²) in [5.74, 6) is 0. The van der Waals surface area contributed by atoms with Crippen LogP contribution in [0.2, 0.25) is 0 Å². The number of nitrogen functional groups attached to an aromatic ring is 1.